The molecule has 0 radical (unpaired) electrons. The number of piperidine rings is 1. The minimum atomic E-state index is -1.68. The van der Waals surface area contributed by atoms with E-state index < -0.39 is 15.8 Å². The molecule has 2 aliphatic rings. The summed E-state index contributed by atoms with van der Waals surface area (Å²) in [5.41, 5.74) is 2.17. The summed E-state index contributed by atoms with van der Waals surface area (Å²) >= 11 is 17.1. The van der Waals surface area contributed by atoms with Gasteiger partial charge in [0.25, 0.3) is 0 Å². The molecule has 0 aliphatic carbocycles. The van der Waals surface area contributed by atoms with Gasteiger partial charge in [-0.05, 0) is 37.3 Å². The van der Waals surface area contributed by atoms with Crippen LogP contribution in [-0.2, 0) is 14.3 Å². The number of alkyl halides is 3. The molecule has 2 saturated heterocycles. The van der Waals surface area contributed by atoms with Crippen molar-refractivity contribution >= 4 is 52.9 Å². The normalized spacial score (nSPS) is 26.6. The third kappa shape index (κ3) is 5.01. The minimum absolute atomic E-state index is 0.0241. The van der Waals surface area contributed by atoms with Crippen LogP contribution in [0.15, 0.2) is 30.3 Å². The van der Waals surface area contributed by atoms with Gasteiger partial charge in [0.05, 0.1) is 13.0 Å². The number of carbonyl (C=O) groups excluding carboxylic acids is 2. The van der Waals surface area contributed by atoms with Crippen LogP contribution < -0.4 is 0 Å². The maximum Gasteiger partial charge on any atom is 0.410 e. The predicted octanol–water partition coefficient (Wildman–Crippen LogP) is 5.34. The summed E-state index contributed by atoms with van der Waals surface area (Å²) in [5, 5.41) is 0. The molecule has 158 valence electrons. The number of nitrogens with zero attached hydrogens (tertiary/aromatic N) is 1. The highest BCUT2D eigenvalue weighted by Gasteiger charge is 2.53. The lowest BCUT2D eigenvalue weighted by Gasteiger charge is -2.43. The average Bonchev–Trinajstić information content (AvgIpc) is 2.99. The molecular formula is C21H24Cl3NO4. The lowest BCUT2D eigenvalue weighted by molar-refractivity contribution is -0.150. The molecule has 5 nitrogen and oxygen atoms in total. The van der Waals surface area contributed by atoms with Gasteiger partial charge in [0.2, 0.25) is 3.79 Å². The number of carbonyl (C=O) groups is 2. The van der Waals surface area contributed by atoms with Crippen molar-refractivity contribution in [3.05, 3.63) is 41.5 Å². The number of fused-ring (bicyclic) bond motifs is 2. The Morgan fingerprint density at radius 1 is 1.21 bits per heavy atom. The fourth-order valence-corrected chi connectivity index (χ4v) is 4.72. The molecular weight excluding hydrogens is 437 g/mol. The van der Waals surface area contributed by atoms with Gasteiger partial charge in [-0.2, -0.15) is 0 Å². The Kier molecular flexibility index (Phi) is 7.02. The Morgan fingerprint density at radius 3 is 2.48 bits per heavy atom. The van der Waals surface area contributed by atoms with E-state index >= 15 is 0 Å². The van der Waals surface area contributed by atoms with Crippen LogP contribution >= 0.6 is 34.8 Å². The average molecular weight is 461 g/mol. The Bertz CT molecular complexity index is 775. The van der Waals surface area contributed by atoms with Crippen molar-refractivity contribution in [3.63, 3.8) is 0 Å². The SMILES string of the molecule is C/C=C/c1ccc([C@H]2C[C@@H]3CC[C@H]([C@H]2C(=O)OC)N3C(=O)OCC(Cl)(Cl)Cl)cc1. The number of halogens is 3. The van der Waals surface area contributed by atoms with Crippen molar-refractivity contribution in [2.24, 2.45) is 5.92 Å². The van der Waals surface area contributed by atoms with Crippen molar-refractivity contribution in [2.75, 3.05) is 13.7 Å². The summed E-state index contributed by atoms with van der Waals surface area (Å²) in [4.78, 5) is 27.0. The van der Waals surface area contributed by atoms with Gasteiger partial charge in [0.1, 0.15) is 6.61 Å². The first-order valence-electron chi connectivity index (χ1n) is 9.57. The zero-order valence-electron chi connectivity index (χ0n) is 16.3. The molecule has 2 fully saturated rings. The Balaban J connectivity index is 1.85. The van der Waals surface area contributed by atoms with Crippen LogP contribution in [0.1, 0.15) is 43.2 Å². The summed E-state index contributed by atoms with van der Waals surface area (Å²) in [7, 11) is 1.38. The molecule has 0 aromatic heterocycles. The van der Waals surface area contributed by atoms with Crippen LogP contribution in [0.2, 0.25) is 0 Å². The first-order valence-corrected chi connectivity index (χ1v) is 10.7. The standard InChI is InChI=1S/C21H24Cl3NO4/c1-3-4-13-5-7-14(8-6-13)16-11-15-9-10-17(18(16)19(26)28-2)25(15)20(27)29-12-21(22,23)24/h3-8,15-18H,9-12H2,1-2H3/b4-3+/t15-,16+,17+,18-/m0/s1. The molecule has 29 heavy (non-hydrogen) atoms. The highest BCUT2D eigenvalue weighted by molar-refractivity contribution is 6.67. The highest BCUT2D eigenvalue weighted by atomic mass is 35.6. The summed E-state index contributed by atoms with van der Waals surface area (Å²) < 4.78 is 8.63. The zero-order chi connectivity index (χ0) is 21.2. The van der Waals surface area contributed by atoms with E-state index in [1.807, 2.05) is 43.3 Å². The monoisotopic (exact) mass is 459 g/mol. The van der Waals surface area contributed by atoms with E-state index in [1.165, 1.54) is 7.11 Å². The van der Waals surface area contributed by atoms with Gasteiger partial charge in [-0.15, -0.1) is 0 Å². The predicted molar refractivity (Wildman–Crippen MR) is 114 cm³/mol. The van der Waals surface area contributed by atoms with E-state index in [9.17, 15) is 9.59 Å². The van der Waals surface area contributed by atoms with E-state index in [-0.39, 0.29) is 30.6 Å². The van der Waals surface area contributed by atoms with Gasteiger partial charge in [-0.1, -0.05) is 71.2 Å². The van der Waals surface area contributed by atoms with Crippen LogP contribution in [0, 0.1) is 5.92 Å². The van der Waals surface area contributed by atoms with Crippen LogP contribution in [0.4, 0.5) is 4.79 Å². The van der Waals surface area contributed by atoms with E-state index in [0.29, 0.717) is 12.8 Å². The largest absolute Gasteiger partial charge is 0.469 e. The number of ether oxygens (including phenoxy) is 2. The van der Waals surface area contributed by atoms with Crippen LogP contribution in [0.25, 0.3) is 6.08 Å². The first kappa shape index (κ1) is 22.3. The zero-order valence-corrected chi connectivity index (χ0v) is 18.6. The molecule has 0 N–H and O–H groups in total. The second kappa shape index (κ2) is 9.15. The lowest BCUT2D eigenvalue weighted by atomic mass is 9.76. The molecule has 0 spiro atoms. The van der Waals surface area contributed by atoms with Gasteiger partial charge < -0.3 is 14.4 Å². The molecule has 2 bridgehead atoms. The summed E-state index contributed by atoms with van der Waals surface area (Å²) in [6.45, 7) is 1.63. The molecule has 1 aromatic rings. The van der Waals surface area contributed by atoms with Crippen molar-refractivity contribution in [1.29, 1.82) is 0 Å². The van der Waals surface area contributed by atoms with Gasteiger partial charge in [-0.25, -0.2) is 4.79 Å². The Hall–Kier alpha value is -1.43. The van der Waals surface area contributed by atoms with Crippen LogP contribution in [0.3, 0.4) is 0 Å². The van der Waals surface area contributed by atoms with E-state index in [0.717, 1.165) is 17.5 Å². The van der Waals surface area contributed by atoms with Gasteiger partial charge in [0.15, 0.2) is 0 Å². The second-order valence-electron chi connectivity index (χ2n) is 7.43. The van der Waals surface area contributed by atoms with Crippen LogP contribution in [0.5, 0.6) is 0 Å². The Morgan fingerprint density at radius 2 is 1.90 bits per heavy atom. The smallest absolute Gasteiger partial charge is 0.410 e. The number of esters is 1. The number of rotatable bonds is 4. The van der Waals surface area contributed by atoms with Crippen LogP contribution in [-0.4, -0.2) is 46.6 Å². The molecule has 1 amide bonds. The third-order valence-electron chi connectivity index (χ3n) is 5.69. The summed E-state index contributed by atoms with van der Waals surface area (Å²) in [5.74, 6) is -0.819. The number of allylic oxidation sites excluding steroid dienone is 1. The quantitative estimate of drug-likeness (QED) is 0.450. The lowest BCUT2D eigenvalue weighted by Crippen LogP contribution is -2.53. The fraction of sp³-hybridized carbons (Fsp3) is 0.524. The molecule has 4 atom stereocenters. The number of methoxy groups -OCH3 is 1. The summed E-state index contributed by atoms with van der Waals surface area (Å²) in [6, 6.07) is 7.84. The molecule has 0 unspecified atom stereocenters. The van der Waals surface area contributed by atoms with E-state index in [4.69, 9.17) is 44.3 Å². The maximum atomic E-state index is 12.7. The molecule has 2 aliphatic heterocycles. The number of hydrogen-bond acceptors (Lipinski definition) is 4. The third-order valence-corrected chi connectivity index (χ3v) is 6.01. The topological polar surface area (TPSA) is 55.8 Å². The van der Waals surface area contributed by atoms with Crippen molar-refractivity contribution in [3.8, 4) is 0 Å². The van der Waals surface area contributed by atoms with E-state index in [2.05, 4.69) is 0 Å². The first-order chi connectivity index (χ1) is 13.7. The fourth-order valence-electron chi connectivity index (χ4n) is 4.55. The molecule has 2 heterocycles. The molecule has 1 aromatic carbocycles. The minimum Gasteiger partial charge on any atom is -0.469 e. The number of hydrogen-bond donors (Lipinski definition) is 0. The molecule has 0 saturated carbocycles. The highest BCUT2D eigenvalue weighted by Crippen LogP contribution is 2.47. The Labute approximate surface area is 185 Å². The molecule has 8 heteroatoms. The van der Waals surface area contributed by atoms with E-state index in [1.54, 1.807) is 4.90 Å². The summed E-state index contributed by atoms with van der Waals surface area (Å²) in [6.07, 6.45) is 5.61. The van der Waals surface area contributed by atoms with Crippen molar-refractivity contribution in [1.82, 2.24) is 4.90 Å². The van der Waals surface area contributed by atoms with Crippen molar-refractivity contribution < 1.29 is 19.1 Å². The van der Waals surface area contributed by atoms with Gasteiger partial charge >= 0.3 is 12.1 Å². The second-order valence-corrected chi connectivity index (χ2v) is 9.95. The number of amides is 1. The van der Waals surface area contributed by atoms with Crippen molar-refractivity contribution in [2.45, 2.75) is 48.0 Å². The molecule has 3 rings (SSSR count). The van der Waals surface area contributed by atoms with Gasteiger partial charge in [-0.3, -0.25) is 4.79 Å². The number of benzene rings is 1. The maximum absolute atomic E-state index is 12.7. The van der Waals surface area contributed by atoms with Gasteiger partial charge in [0, 0.05) is 18.0 Å².